The predicted molar refractivity (Wildman–Crippen MR) is 89.3 cm³/mol. The van der Waals surface area contributed by atoms with Crippen molar-refractivity contribution in [1.82, 2.24) is 10.6 Å². The molecule has 1 aromatic rings. The molecule has 1 saturated heterocycles. The summed E-state index contributed by atoms with van der Waals surface area (Å²) in [7, 11) is 1.54. The van der Waals surface area contributed by atoms with E-state index in [0.29, 0.717) is 15.9 Å². The Morgan fingerprint density at radius 2 is 2.09 bits per heavy atom. The molecule has 1 heterocycles. The highest BCUT2D eigenvalue weighted by atomic mass is 35.5. The first-order chi connectivity index (χ1) is 10.5. The molecule has 8 heteroatoms. The van der Waals surface area contributed by atoms with E-state index in [0.717, 1.165) is 5.56 Å². The summed E-state index contributed by atoms with van der Waals surface area (Å²) < 4.78 is 0. The molecule has 2 N–H and O–H groups in total. The molecule has 0 saturated carbocycles. The summed E-state index contributed by atoms with van der Waals surface area (Å²) in [6, 6.07) is 7.20. The maximum Gasteiger partial charge on any atom is 0.233 e. The van der Waals surface area contributed by atoms with E-state index in [4.69, 9.17) is 11.6 Å². The minimum Gasteiger partial charge on any atom is -0.358 e. The Balaban J connectivity index is 2.13. The molecule has 1 aliphatic rings. The normalized spacial score (nSPS) is 20.7. The summed E-state index contributed by atoms with van der Waals surface area (Å²) in [5.41, 5.74) is 1.56. The lowest BCUT2D eigenvalue weighted by molar-refractivity contribution is -0.125. The van der Waals surface area contributed by atoms with Gasteiger partial charge in [0, 0.05) is 18.5 Å². The third-order valence-electron chi connectivity index (χ3n) is 2.96. The van der Waals surface area contributed by atoms with Crippen LogP contribution in [-0.2, 0) is 9.59 Å². The number of rotatable bonds is 3. The van der Waals surface area contributed by atoms with E-state index in [1.807, 2.05) is 12.1 Å². The van der Waals surface area contributed by atoms with E-state index < -0.39 is 5.25 Å². The number of amidine groups is 1. The van der Waals surface area contributed by atoms with Crippen LogP contribution in [0.15, 0.2) is 34.5 Å². The number of hydrogen-bond donors (Lipinski definition) is 2. The molecule has 1 unspecified atom stereocenters. The average molecular weight is 339 g/mol. The number of benzene rings is 1. The molecule has 6 nitrogen and oxygen atoms in total. The van der Waals surface area contributed by atoms with Crippen molar-refractivity contribution >= 4 is 46.1 Å². The van der Waals surface area contributed by atoms with Gasteiger partial charge in [0.15, 0.2) is 5.17 Å². The number of halogens is 1. The molecule has 1 atom stereocenters. The minimum atomic E-state index is -0.483. The average Bonchev–Trinajstić information content (AvgIpc) is 2.52. The van der Waals surface area contributed by atoms with Crippen molar-refractivity contribution in [3.05, 3.63) is 34.9 Å². The zero-order valence-corrected chi connectivity index (χ0v) is 13.7. The second-order valence-corrected chi connectivity index (χ2v) is 6.20. The molecule has 1 fully saturated rings. The second kappa shape index (κ2) is 7.42. The zero-order valence-electron chi connectivity index (χ0n) is 12.1. The maximum absolute atomic E-state index is 11.6. The van der Waals surface area contributed by atoms with Crippen LogP contribution in [0.1, 0.15) is 18.9 Å². The van der Waals surface area contributed by atoms with E-state index in [9.17, 15) is 9.59 Å². The molecule has 1 aliphatic heterocycles. The van der Waals surface area contributed by atoms with Crippen LogP contribution in [-0.4, -0.2) is 35.0 Å². The molecule has 0 aromatic heterocycles. The van der Waals surface area contributed by atoms with E-state index >= 15 is 0 Å². The van der Waals surface area contributed by atoms with Crippen molar-refractivity contribution in [1.29, 1.82) is 0 Å². The smallest absolute Gasteiger partial charge is 0.233 e. The van der Waals surface area contributed by atoms with Gasteiger partial charge in [0.2, 0.25) is 11.8 Å². The van der Waals surface area contributed by atoms with Crippen LogP contribution in [0, 0.1) is 0 Å². The first-order valence-corrected chi connectivity index (χ1v) is 7.81. The lowest BCUT2D eigenvalue weighted by Gasteiger charge is -2.20. The van der Waals surface area contributed by atoms with Crippen molar-refractivity contribution in [3.63, 3.8) is 0 Å². The van der Waals surface area contributed by atoms with Gasteiger partial charge in [-0.2, -0.15) is 5.10 Å². The van der Waals surface area contributed by atoms with Gasteiger partial charge in [-0.05, 0) is 24.6 Å². The lowest BCUT2D eigenvalue weighted by atomic mass is 10.1. The fourth-order valence-corrected chi connectivity index (χ4v) is 2.89. The van der Waals surface area contributed by atoms with Crippen LogP contribution >= 0.6 is 23.4 Å². The Labute approximate surface area is 137 Å². The molecular weight excluding hydrogens is 324 g/mol. The van der Waals surface area contributed by atoms with Gasteiger partial charge in [0.25, 0.3) is 0 Å². The zero-order chi connectivity index (χ0) is 16.1. The van der Waals surface area contributed by atoms with Crippen LogP contribution in [0.3, 0.4) is 0 Å². The van der Waals surface area contributed by atoms with Gasteiger partial charge in [-0.25, -0.2) is 0 Å². The molecule has 116 valence electrons. The van der Waals surface area contributed by atoms with Crippen LogP contribution in [0.4, 0.5) is 0 Å². The standard InChI is InChI=1S/C14H15ClN4O2S/c1-8(9-3-5-10(15)6-4-9)18-19-14-17-12(20)7-11(22-14)13(21)16-2/h3-6,11H,7H2,1-2H3,(H,16,21)(H,17,19,20). The molecule has 22 heavy (non-hydrogen) atoms. The van der Waals surface area contributed by atoms with Gasteiger partial charge in [-0.1, -0.05) is 35.5 Å². The Kier molecular flexibility index (Phi) is 5.57. The first-order valence-electron chi connectivity index (χ1n) is 6.56. The van der Waals surface area contributed by atoms with Gasteiger partial charge in [0.1, 0.15) is 0 Å². The van der Waals surface area contributed by atoms with Gasteiger partial charge in [0.05, 0.1) is 11.0 Å². The number of thioether (sulfide) groups is 1. The Morgan fingerprint density at radius 3 is 2.73 bits per heavy atom. The second-order valence-electron chi connectivity index (χ2n) is 4.57. The summed E-state index contributed by atoms with van der Waals surface area (Å²) in [5.74, 6) is -0.448. The van der Waals surface area contributed by atoms with Crippen LogP contribution in [0.25, 0.3) is 0 Å². The summed E-state index contributed by atoms with van der Waals surface area (Å²) in [4.78, 5) is 23.2. The van der Waals surface area contributed by atoms with Crippen molar-refractivity contribution < 1.29 is 9.59 Å². The molecule has 2 amide bonds. The molecular formula is C14H15ClN4O2S. The lowest BCUT2D eigenvalue weighted by Crippen LogP contribution is -2.43. The molecule has 2 rings (SSSR count). The number of nitrogens with one attached hydrogen (secondary N) is 2. The third kappa shape index (κ3) is 4.32. The van der Waals surface area contributed by atoms with Gasteiger partial charge >= 0.3 is 0 Å². The molecule has 0 radical (unpaired) electrons. The van der Waals surface area contributed by atoms with Gasteiger partial charge < -0.3 is 10.6 Å². The monoisotopic (exact) mass is 338 g/mol. The van der Waals surface area contributed by atoms with Gasteiger partial charge in [-0.15, -0.1) is 5.10 Å². The minimum absolute atomic E-state index is 0.128. The summed E-state index contributed by atoms with van der Waals surface area (Å²) in [5, 5.41) is 13.7. The van der Waals surface area contributed by atoms with Crippen molar-refractivity contribution in [2.24, 2.45) is 10.2 Å². The summed E-state index contributed by atoms with van der Waals surface area (Å²) in [6.45, 7) is 1.80. The SMILES string of the molecule is CNC(=O)C1CC(=O)NC(=NN=C(C)c2ccc(Cl)cc2)S1. The van der Waals surface area contributed by atoms with Gasteiger partial charge in [-0.3, -0.25) is 9.59 Å². The van der Waals surface area contributed by atoms with Crippen LogP contribution in [0.5, 0.6) is 0 Å². The summed E-state index contributed by atoms with van der Waals surface area (Å²) in [6.07, 6.45) is 0.128. The predicted octanol–water partition coefficient (Wildman–Crippen LogP) is 1.79. The first kappa shape index (κ1) is 16.5. The fourth-order valence-electron chi connectivity index (χ4n) is 1.77. The summed E-state index contributed by atoms with van der Waals surface area (Å²) >= 11 is 7.02. The molecule has 0 bridgehead atoms. The molecule has 1 aromatic carbocycles. The number of nitrogens with zero attached hydrogens (tertiary/aromatic N) is 2. The highest BCUT2D eigenvalue weighted by Gasteiger charge is 2.29. The maximum atomic E-state index is 11.6. The van der Waals surface area contributed by atoms with E-state index in [2.05, 4.69) is 20.8 Å². The number of amides is 2. The number of carbonyl (C=O) groups excluding carboxylic acids is 2. The topological polar surface area (TPSA) is 82.9 Å². The Hall–Kier alpha value is -1.86. The van der Waals surface area contributed by atoms with E-state index in [1.165, 1.54) is 18.8 Å². The van der Waals surface area contributed by atoms with Crippen LogP contribution < -0.4 is 10.6 Å². The largest absolute Gasteiger partial charge is 0.358 e. The van der Waals surface area contributed by atoms with Crippen molar-refractivity contribution in [3.8, 4) is 0 Å². The third-order valence-corrected chi connectivity index (χ3v) is 4.29. The highest BCUT2D eigenvalue weighted by molar-refractivity contribution is 8.15. The van der Waals surface area contributed by atoms with E-state index in [-0.39, 0.29) is 18.2 Å². The Morgan fingerprint density at radius 1 is 1.41 bits per heavy atom. The van der Waals surface area contributed by atoms with Crippen molar-refractivity contribution in [2.45, 2.75) is 18.6 Å². The fraction of sp³-hybridized carbons (Fsp3) is 0.286. The number of carbonyl (C=O) groups is 2. The quantitative estimate of drug-likeness (QED) is 0.651. The van der Waals surface area contributed by atoms with Crippen molar-refractivity contribution in [2.75, 3.05) is 7.05 Å². The Bertz CT molecular complexity index is 643. The van der Waals surface area contributed by atoms with Crippen LogP contribution in [0.2, 0.25) is 5.02 Å². The molecule has 0 spiro atoms. The van der Waals surface area contributed by atoms with E-state index in [1.54, 1.807) is 19.1 Å². The molecule has 0 aliphatic carbocycles. The number of hydrogen-bond acceptors (Lipinski definition) is 5. The highest BCUT2D eigenvalue weighted by Crippen LogP contribution is 2.20.